The summed E-state index contributed by atoms with van der Waals surface area (Å²) in [6.07, 6.45) is 14.6. The van der Waals surface area contributed by atoms with E-state index in [1.165, 1.54) is 6.21 Å². The van der Waals surface area contributed by atoms with Gasteiger partial charge in [-0.15, -0.1) is 0 Å². The molecule has 0 saturated carbocycles. The van der Waals surface area contributed by atoms with Gasteiger partial charge in [0, 0.05) is 40.0 Å². The Hall–Kier alpha value is -9.24. The van der Waals surface area contributed by atoms with E-state index in [-0.39, 0.29) is 22.6 Å². The Balaban J connectivity index is 1.14. The normalized spacial score (nSPS) is 11.0. The quantitative estimate of drug-likeness (QED) is 0.00587. The topological polar surface area (TPSA) is 184 Å². The second-order valence-corrected chi connectivity index (χ2v) is 18.8. The van der Waals surface area contributed by atoms with E-state index in [0.29, 0.717) is 79.6 Å². The number of nitrogens with one attached hydrogen (secondary N) is 1. The summed E-state index contributed by atoms with van der Waals surface area (Å²) in [6.45, 7) is 12.6. The van der Waals surface area contributed by atoms with Crippen molar-refractivity contribution < 1.29 is 61.9 Å². The lowest BCUT2D eigenvalue weighted by Crippen LogP contribution is -2.12. The van der Waals surface area contributed by atoms with Gasteiger partial charge in [-0.2, -0.15) is 5.10 Å². The molecule has 7 aromatic carbocycles. The molecule has 420 valence electrons. The highest BCUT2D eigenvalue weighted by atomic mass is 16.6. The summed E-state index contributed by atoms with van der Waals surface area (Å²) in [5, 5.41) is 9.68. The molecule has 0 fully saturated rings. The average molecular weight is 1100 g/mol. The maximum atomic E-state index is 14.3. The molecule has 81 heavy (non-hydrogen) atoms. The van der Waals surface area contributed by atoms with Crippen LogP contribution in [-0.4, -0.2) is 75.7 Å². The van der Waals surface area contributed by atoms with Gasteiger partial charge in [-0.25, -0.2) is 24.0 Å². The van der Waals surface area contributed by atoms with Gasteiger partial charge in [0.05, 0.1) is 62.7 Å². The number of esters is 5. The van der Waals surface area contributed by atoms with Crippen molar-refractivity contribution in [1.82, 2.24) is 0 Å². The highest BCUT2D eigenvalue weighted by Gasteiger charge is 2.22. The first kappa shape index (κ1) is 59.4. The Kier molecular flexibility index (Phi) is 23.5. The number of ether oxygens (including phenoxy) is 8. The van der Waals surface area contributed by atoms with Crippen molar-refractivity contribution in [2.75, 3.05) is 45.1 Å². The molecule has 1 N–H and O–H groups in total. The fourth-order valence-corrected chi connectivity index (χ4v) is 8.69. The van der Waals surface area contributed by atoms with Crippen molar-refractivity contribution in [2.45, 2.75) is 77.0 Å². The molecule has 15 heteroatoms. The van der Waals surface area contributed by atoms with Gasteiger partial charge in [-0.05, 0) is 172 Å². The molecule has 0 aliphatic carbocycles. The number of fused-ring (bicyclic) bond motifs is 4. The van der Waals surface area contributed by atoms with E-state index in [9.17, 15) is 24.0 Å². The molecule has 0 bridgehead atoms. The van der Waals surface area contributed by atoms with Crippen LogP contribution in [0.5, 0.6) is 28.7 Å². The van der Waals surface area contributed by atoms with Crippen molar-refractivity contribution >= 4 is 74.1 Å². The zero-order valence-electron chi connectivity index (χ0n) is 45.5. The fraction of sp³-hybridized carbons (Fsp3) is 0.273. The molecule has 0 amide bonds. The van der Waals surface area contributed by atoms with E-state index < -0.39 is 29.8 Å². The number of benzene rings is 7. The molecule has 0 saturated heterocycles. The zero-order valence-corrected chi connectivity index (χ0v) is 45.5. The van der Waals surface area contributed by atoms with Gasteiger partial charge >= 0.3 is 29.8 Å². The summed E-state index contributed by atoms with van der Waals surface area (Å²) >= 11 is 0. The van der Waals surface area contributed by atoms with Gasteiger partial charge in [-0.1, -0.05) is 68.3 Å². The molecule has 0 radical (unpaired) electrons. The third-order valence-electron chi connectivity index (χ3n) is 12.9. The standard InChI is InChI=1S/C66H68N2O13/c1-4-61(69)77-40-20-10-7-17-37-74-51-31-27-47(28-32-51)65(72)80-60-44-50(46-67-68-59-43-49-23-13-14-24-54(49)55-25-15-16-26-56(55)59)64(58-45-53(35-36-57(58)60)76-39-19-9-12-22-42-79-63(71)6-3)81-66(73)48-29-33-52(34-30-48)75-38-18-8-11-21-41-78-62(70)5-2/h4-6,13-16,23-36,43-46,68H,1-3,7-12,17-22,37-42H2/b67-46+. The van der Waals surface area contributed by atoms with Crippen LogP contribution < -0.4 is 29.1 Å². The monoisotopic (exact) mass is 1100 g/mol. The van der Waals surface area contributed by atoms with Gasteiger partial charge < -0.3 is 37.9 Å². The van der Waals surface area contributed by atoms with Gasteiger partial charge in [0.15, 0.2) is 0 Å². The van der Waals surface area contributed by atoms with E-state index in [1.807, 2.05) is 42.5 Å². The summed E-state index contributed by atoms with van der Waals surface area (Å²) in [4.78, 5) is 62.4. The van der Waals surface area contributed by atoms with Gasteiger partial charge in [0.25, 0.3) is 0 Å². The Bertz CT molecular complexity index is 3310. The molecule has 7 rings (SSSR count). The van der Waals surface area contributed by atoms with Gasteiger partial charge in [0.1, 0.15) is 28.7 Å². The van der Waals surface area contributed by atoms with E-state index in [1.54, 1.807) is 72.8 Å². The molecule has 0 unspecified atom stereocenters. The fourth-order valence-electron chi connectivity index (χ4n) is 8.69. The molecule has 0 spiro atoms. The van der Waals surface area contributed by atoms with Crippen LogP contribution in [0.15, 0.2) is 170 Å². The third kappa shape index (κ3) is 18.4. The lowest BCUT2D eigenvalue weighted by molar-refractivity contribution is -0.138. The predicted octanol–water partition coefficient (Wildman–Crippen LogP) is 14.0. The highest BCUT2D eigenvalue weighted by Crippen LogP contribution is 2.40. The van der Waals surface area contributed by atoms with Crippen molar-refractivity contribution in [3.8, 4) is 28.7 Å². The summed E-state index contributed by atoms with van der Waals surface area (Å²) in [7, 11) is 0. The number of unbranched alkanes of at least 4 members (excludes halogenated alkanes) is 9. The summed E-state index contributed by atoms with van der Waals surface area (Å²) < 4.78 is 46.0. The number of hydrogen-bond acceptors (Lipinski definition) is 15. The SMILES string of the molecule is C=CC(=O)OCCCCCCOc1ccc(C(=O)Oc2cc(/C=N/Nc3cc4ccccc4c4ccccc34)c(OC(=O)c3ccc(OCCCCCCOC(=O)C=C)cc3)c3cc(OCCCCCCOC(=O)C=C)ccc23)cc1. The van der Waals surface area contributed by atoms with E-state index in [0.717, 1.165) is 116 Å². The van der Waals surface area contributed by atoms with Crippen molar-refractivity contribution in [3.05, 3.63) is 182 Å². The number of hydrogen-bond donors (Lipinski definition) is 1. The minimum atomic E-state index is -0.660. The molecule has 7 aromatic rings. The minimum Gasteiger partial charge on any atom is -0.494 e. The van der Waals surface area contributed by atoms with Crippen LogP contribution in [0.25, 0.3) is 32.3 Å². The number of anilines is 1. The van der Waals surface area contributed by atoms with Crippen LogP contribution in [0.2, 0.25) is 0 Å². The van der Waals surface area contributed by atoms with Gasteiger partial charge in [0.2, 0.25) is 0 Å². The molecule has 0 aliphatic rings. The number of hydrazone groups is 1. The molecular weight excluding hydrogens is 1030 g/mol. The van der Waals surface area contributed by atoms with Crippen molar-refractivity contribution in [1.29, 1.82) is 0 Å². The summed E-state index contributed by atoms with van der Waals surface area (Å²) in [5.74, 6) is -0.643. The molecule has 0 atom stereocenters. The maximum absolute atomic E-state index is 14.3. The first-order valence-corrected chi connectivity index (χ1v) is 27.3. The summed E-state index contributed by atoms with van der Waals surface area (Å²) in [6, 6.07) is 38.4. The third-order valence-corrected chi connectivity index (χ3v) is 12.9. The van der Waals surface area contributed by atoms with Crippen LogP contribution >= 0.6 is 0 Å². The van der Waals surface area contributed by atoms with Crippen LogP contribution in [0.4, 0.5) is 5.69 Å². The molecule has 15 nitrogen and oxygen atoms in total. The Morgan fingerprint density at radius 1 is 0.420 bits per heavy atom. The maximum Gasteiger partial charge on any atom is 0.343 e. The van der Waals surface area contributed by atoms with Crippen LogP contribution in [0.1, 0.15) is 103 Å². The second-order valence-electron chi connectivity index (χ2n) is 18.8. The lowest BCUT2D eigenvalue weighted by atomic mass is 10.0. The number of carbonyl (C=O) groups is 5. The highest BCUT2D eigenvalue weighted by molar-refractivity contribution is 6.13. The second kappa shape index (κ2) is 32.0. The Labute approximate surface area is 472 Å². The smallest absolute Gasteiger partial charge is 0.343 e. The van der Waals surface area contributed by atoms with E-state index >= 15 is 0 Å². The van der Waals surface area contributed by atoms with Crippen molar-refractivity contribution in [3.63, 3.8) is 0 Å². The van der Waals surface area contributed by atoms with Gasteiger partial charge in [-0.3, -0.25) is 5.43 Å². The molecular formula is C66H68N2O13. The minimum absolute atomic E-state index is 0.139. The van der Waals surface area contributed by atoms with E-state index in [2.05, 4.69) is 37.3 Å². The average Bonchev–Trinajstić information content (AvgIpc) is 3.49. The molecule has 0 aromatic heterocycles. The lowest BCUT2D eigenvalue weighted by Gasteiger charge is -2.17. The molecule has 0 aliphatic heterocycles. The van der Waals surface area contributed by atoms with Crippen LogP contribution in [0.3, 0.4) is 0 Å². The van der Waals surface area contributed by atoms with Crippen molar-refractivity contribution in [2.24, 2.45) is 5.10 Å². The first-order chi connectivity index (χ1) is 39.6. The summed E-state index contributed by atoms with van der Waals surface area (Å²) in [5.41, 5.74) is 4.82. The molecule has 0 heterocycles. The largest absolute Gasteiger partial charge is 0.494 e. The first-order valence-electron chi connectivity index (χ1n) is 27.3. The number of carbonyl (C=O) groups excluding carboxylic acids is 5. The predicted molar refractivity (Wildman–Crippen MR) is 315 cm³/mol. The zero-order chi connectivity index (χ0) is 57.0. The Morgan fingerprint density at radius 2 is 0.864 bits per heavy atom. The number of nitrogens with zero attached hydrogens (tertiary/aromatic N) is 1. The van der Waals surface area contributed by atoms with Crippen LogP contribution in [-0.2, 0) is 28.6 Å². The van der Waals surface area contributed by atoms with E-state index in [4.69, 9.17) is 43.0 Å². The number of rotatable bonds is 34. The Morgan fingerprint density at radius 3 is 1.38 bits per heavy atom. The van der Waals surface area contributed by atoms with Crippen LogP contribution in [0, 0.1) is 0 Å².